The molecule has 1 heterocycles. The van der Waals surface area contributed by atoms with Crippen LogP contribution in [0.15, 0.2) is 29.2 Å². The number of nitrogens with zero attached hydrogens (tertiary/aromatic N) is 1. The van der Waals surface area contributed by atoms with Crippen molar-refractivity contribution >= 4 is 15.8 Å². The minimum Gasteiger partial charge on any atom is -0.359 e. The monoisotopic (exact) mass is 365 g/mol. The third-order valence-electron chi connectivity index (χ3n) is 5.64. The van der Waals surface area contributed by atoms with Gasteiger partial charge in [0.15, 0.2) is 0 Å². The summed E-state index contributed by atoms with van der Waals surface area (Å²) in [5, 5.41) is 0. The number of rotatable bonds is 4. The van der Waals surface area contributed by atoms with E-state index >= 15 is 0 Å². The second-order valence-electron chi connectivity index (χ2n) is 7.44. The van der Waals surface area contributed by atoms with Crippen molar-refractivity contribution in [2.45, 2.75) is 70.0 Å². The molecule has 1 saturated carbocycles. The molecule has 2 aliphatic rings. The van der Waals surface area contributed by atoms with Gasteiger partial charge in [0.1, 0.15) is 12.0 Å². The van der Waals surface area contributed by atoms with Crippen LogP contribution in [0.3, 0.4) is 0 Å². The maximum absolute atomic E-state index is 13.4. The fourth-order valence-electron chi connectivity index (χ4n) is 3.92. The third kappa shape index (κ3) is 3.15. The summed E-state index contributed by atoms with van der Waals surface area (Å²) in [5.74, 6) is 0.115. The van der Waals surface area contributed by atoms with E-state index in [1.54, 1.807) is 24.3 Å². The second kappa shape index (κ2) is 6.82. The Kier molecular flexibility index (Phi) is 5.06. The molecule has 3 atom stereocenters. The quantitative estimate of drug-likeness (QED) is 0.821. The van der Waals surface area contributed by atoms with Crippen LogP contribution in [0.5, 0.6) is 0 Å². The Labute approximate surface area is 150 Å². The topological polar surface area (TPSA) is 63.7 Å². The van der Waals surface area contributed by atoms with Crippen molar-refractivity contribution in [3.05, 3.63) is 29.8 Å². The SMILES string of the molecule is CC[C@@H]1CO[C@H]([C@]2(C)CCCCC2=O)N1S(=O)(=O)c1ccc(C)cc1. The molecule has 0 bridgehead atoms. The Bertz CT molecular complexity index is 743. The molecule has 0 radical (unpaired) electrons. The number of carbonyl (C=O) groups excluding carboxylic acids is 1. The molecule has 0 spiro atoms. The van der Waals surface area contributed by atoms with Gasteiger partial charge in [-0.15, -0.1) is 0 Å². The molecule has 0 N–H and O–H groups in total. The first-order chi connectivity index (χ1) is 11.8. The van der Waals surface area contributed by atoms with Gasteiger partial charge in [-0.3, -0.25) is 4.79 Å². The largest absolute Gasteiger partial charge is 0.359 e. The standard InChI is InChI=1S/C19H27NO4S/c1-4-15-13-24-18(19(3)12-6-5-7-17(19)21)20(15)25(22,23)16-10-8-14(2)9-11-16/h8-11,15,18H,4-7,12-13H2,1-3H3/t15-,18-,19-/m1/s1. The average molecular weight is 365 g/mol. The molecule has 5 nitrogen and oxygen atoms in total. The van der Waals surface area contributed by atoms with Crippen molar-refractivity contribution in [2.75, 3.05) is 6.61 Å². The van der Waals surface area contributed by atoms with Crippen molar-refractivity contribution in [3.63, 3.8) is 0 Å². The smallest absolute Gasteiger partial charge is 0.245 e. The maximum Gasteiger partial charge on any atom is 0.245 e. The van der Waals surface area contributed by atoms with Crippen LogP contribution in [-0.2, 0) is 19.6 Å². The van der Waals surface area contributed by atoms with E-state index in [4.69, 9.17) is 4.74 Å². The van der Waals surface area contributed by atoms with Crippen LogP contribution in [0.25, 0.3) is 0 Å². The van der Waals surface area contributed by atoms with Crippen molar-refractivity contribution < 1.29 is 17.9 Å². The number of aryl methyl sites for hydroxylation is 1. The zero-order valence-corrected chi connectivity index (χ0v) is 16.0. The fraction of sp³-hybridized carbons (Fsp3) is 0.632. The molecule has 3 rings (SSSR count). The summed E-state index contributed by atoms with van der Waals surface area (Å²) in [6, 6.07) is 6.64. The molecule has 6 heteroatoms. The lowest BCUT2D eigenvalue weighted by Crippen LogP contribution is -2.53. The van der Waals surface area contributed by atoms with E-state index < -0.39 is 21.7 Å². The summed E-state index contributed by atoms with van der Waals surface area (Å²) >= 11 is 0. The number of ketones is 1. The van der Waals surface area contributed by atoms with E-state index in [0.29, 0.717) is 25.9 Å². The lowest BCUT2D eigenvalue weighted by atomic mass is 9.73. The molecule has 1 aliphatic heterocycles. The van der Waals surface area contributed by atoms with Crippen molar-refractivity contribution in [1.29, 1.82) is 0 Å². The van der Waals surface area contributed by atoms with E-state index in [1.807, 2.05) is 20.8 Å². The first kappa shape index (κ1) is 18.5. The predicted molar refractivity (Wildman–Crippen MR) is 95.6 cm³/mol. The molecular formula is C19H27NO4S. The van der Waals surface area contributed by atoms with Crippen LogP contribution >= 0.6 is 0 Å². The van der Waals surface area contributed by atoms with Gasteiger partial charge in [0.2, 0.25) is 10.0 Å². The van der Waals surface area contributed by atoms with Crippen LogP contribution in [0, 0.1) is 12.3 Å². The summed E-state index contributed by atoms with van der Waals surface area (Å²) in [5.41, 5.74) is 0.245. The number of hydrogen-bond donors (Lipinski definition) is 0. The molecule has 1 aromatic carbocycles. The molecule has 1 aliphatic carbocycles. The summed E-state index contributed by atoms with van der Waals surface area (Å²) in [4.78, 5) is 12.9. The Morgan fingerprint density at radius 3 is 2.52 bits per heavy atom. The van der Waals surface area contributed by atoms with E-state index in [1.165, 1.54) is 4.31 Å². The van der Waals surface area contributed by atoms with Crippen LogP contribution in [0.1, 0.15) is 51.5 Å². The number of carbonyl (C=O) groups is 1. The van der Waals surface area contributed by atoms with Crippen LogP contribution in [0.4, 0.5) is 0 Å². The lowest BCUT2D eigenvalue weighted by molar-refractivity contribution is -0.143. The van der Waals surface area contributed by atoms with Gasteiger partial charge < -0.3 is 4.74 Å². The highest BCUT2D eigenvalue weighted by Gasteiger charge is 2.54. The zero-order chi connectivity index (χ0) is 18.2. The molecule has 0 aromatic heterocycles. The number of Topliss-reactive ketones (excluding diaryl/α,β-unsaturated/α-hetero) is 1. The van der Waals surface area contributed by atoms with Gasteiger partial charge in [-0.2, -0.15) is 4.31 Å². The van der Waals surface area contributed by atoms with E-state index in [2.05, 4.69) is 0 Å². The van der Waals surface area contributed by atoms with Crippen LogP contribution in [-0.4, -0.2) is 37.4 Å². The lowest BCUT2D eigenvalue weighted by Gasteiger charge is -2.40. The summed E-state index contributed by atoms with van der Waals surface area (Å²) < 4.78 is 34.1. The number of ether oxygens (including phenoxy) is 1. The fourth-order valence-corrected chi connectivity index (χ4v) is 5.79. The van der Waals surface area contributed by atoms with E-state index in [9.17, 15) is 13.2 Å². The molecule has 0 unspecified atom stereocenters. The maximum atomic E-state index is 13.4. The highest BCUT2D eigenvalue weighted by molar-refractivity contribution is 7.89. The van der Waals surface area contributed by atoms with Crippen molar-refractivity contribution in [1.82, 2.24) is 4.31 Å². The first-order valence-electron chi connectivity index (χ1n) is 9.06. The number of sulfonamides is 1. The van der Waals surface area contributed by atoms with Gasteiger partial charge in [0.05, 0.1) is 23.0 Å². The highest BCUT2D eigenvalue weighted by Crippen LogP contribution is 2.44. The minimum absolute atomic E-state index is 0.115. The molecule has 138 valence electrons. The van der Waals surface area contributed by atoms with Crippen LogP contribution < -0.4 is 0 Å². The van der Waals surface area contributed by atoms with Gasteiger partial charge in [-0.1, -0.05) is 31.0 Å². The molecular weight excluding hydrogens is 338 g/mol. The Morgan fingerprint density at radius 2 is 1.92 bits per heavy atom. The van der Waals surface area contributed by atoms with Gasteiger partial charge in [0.25, 0.3) is 0 Å². The number of benzene rings is 1. The predicted octanol–water partition coefficient (Wildman–Crippen LogP) is 3.27. The van der Waals surface area contributed by atoms with Gasteiger partial charge in [-0.05, 0) is 45.2 Å². The first-order valence-corrected chi connectivity index (χ1v) is 10.5. The Balaban J connectivity index is 2.02. The third-order valence-corrected chi connectivity index (χ3v) is 7.55. The average Bonchev–Trinajstić information content (AvgIpc) is 3.03. The molecule has 1 aromatic rings. The van der Waals surface area contributed by atoms with Gasteiger partial charge >= 0.3 is 0 Å². The van der Waals surface area contributed by atoms with Crippen molar-refractivity contribution in [3.8, 4) is 0 Å². The van der Waals surface area contributed by atoms with Crippen LogP contribution in [0.2, 0.25) is 0 Å². The summed E-state index contributed by atoms with van der Waals surface area (Å²) in [6.07, 6.45) is 2.93. The van der Waals surface area contributed by atoms with E-state index in [0.717, 1.165) is 18.4 Å². The molecule has 25 heavy (non-hydrogen) atoms. The van der Waals surface area contributed by atoms with Gasteiger partial charge in [0, 0.05) is 6.42 Å². The zero-order valence-electron chi connectivity index (χ0n) is 15.2. The number of hydrogen-bond acceptors (Lipinski definition) is 4. The Morgan fingerprint density at radius 1 is 1.24 bits per heavy atom. The molecule has 0 amide bonds. The van der Waals surface area contributed by atoms with Crippen molar-refractivity contribution in [2.24, 2.45) is 5.41 Å². The summed E-state index contributed by atoms with van der Waals surface area (Å²) in [6.45, 7) is 6.10. The Hall–Kier alpha value is -1.24. The van der Waals surface area contributed by atoms with Gasteiger partial charge in [-0.25, -0.2) is 8.42 Å². The second-order valence-corrected chi connectivity index (χ2v) is 9.29. The highest BCUT2D eigenvalue weighted by atomic mass is 32.2. The molecule has 2 fully saturated rings. The van der Waals surface area contributed by atoms with E-state index in [-0.39, 0.29) is 16.7 Å². The molecule has 1 saturated heterocycles. The normalized spacial score (nSPS) is 31.4. The minimum atomic E-state index is -3.72. The summed E-state index contributed by atoms with van der Waals surface area (Å²) in [7, 11) is -3.72.